The van der Waals surface area contributed by atoms with Crippen LogP contribution < -0.4 is 30.3 Å². The van der Waals surface area contributed by atoms with Crippen molar-refractivity contribution >= 4 is 17.5 Å². The second-order valence-corrected chi connectivity index (χ2v) is 11.0. The number of methoxy groups -OCH3 is 3. The number of benzene rings is 1. The Hall–Kier alpha value is -3.79. The van der Waals surface area contributed by atoms with Gasteiger partial charge in [-0.15, -0.1) is 0 Å². The van der Waals surface area contributed by atoms with E-state index in [0.29, 0.717) is 48.7 Å². The lowest BCUT2D eigenvalue weighted by Gasteiger charge is -2.32. The minimum atomic E-state index is -0.350. The second kappa shape index (κ2) is 14.4. The number of ether oxygens (including phenoxy) is 3. The Kier molecular flexibility index (Phi) is 10.7. The van der Waals surface area contributed by atoms with Gasteiger partial charge in [-0.1, -0.05) is 12.5 Å². The van der Waals surface area contributed by atoms with Crippen molar-refractivity contribution in [2.45, 2.75) is 51.5 Å². The van der Waals surface area contributed by atoms with Gasteiger partial charge < -0.3 is 34.6 Å². The summed E-state index contributed by atoms with van der Waals surface area (Å²) in [7, 11) is 6.81. The van der Waals surface area contributed by atoms with Crippen molar-refractivity contribution in [2.75, 3.05) is 66.4 Å². The van der Waals surface area contributed by atoms with Gasteiger partial charge in [0.15, 0.2) is 11.5 Å². The molecule has 1 aliphatic heterocycles. The molecular formula is C32H44N4O6. The molecule has 0 saturated carbocycles. The smallest absolute Gasteiger partial charge is 0.222 e. The molecule has 0 bridgehead atoms. The van der Waals surface area contributed by atoms with E-state index in [1.165, 1.54) is 6.92 Å². The van der Waals surface area contributed by atoms with E-state index in [4.69, 9.17) is 14.2 Å². The number of piperazine rings is 1. The van der Waals surface area contributed by atoms with Crippen LogP contribution in [-0.4, -0.2) is 82.7 Å². The Balaban J connectivity index is 1.53. The first-order chi connectivity index (χ1) is 20.3. The molecule has 1 atom stereocenters. The predicted molar refractivity (Wildman–Crippen MR) is 164 cm³/mol. The van der Waals surface area contributed by atoms with Gasteiger partial charge >= 0.3 is 0 Å². The minimum absolute atomic E-state index is 0.153. The molecule has 1 heterocycles. The summed E-state index contributed by atoms with van der Waals surface area (Å²) >= 11 is 0. The molecule has 2 N–H and O–H groups in total. The summed E-state index contributed by atoms with van der Waals surface area (Å²) < 4.78 is 17.1. The number of unbranched alkanes of at least 4 members (excludes halogenated alkanes) is 2. The van der Waals surface area contributed by atoms with Crippen LogP contribution in [0.1, 0.15) is 56.2 Å². The number of amides is 2. The summed E-state index contributed by atoms with van der Waals surface area (Å²) in [5.41, 5.74) is 3.67. The molecule has 2 amide bonds. The fraction of sp³-hybridized carbons (Fsp3) is 0.531. The molecule has 0 spiro atoms. The third-order valence-electron chi connectivity index (χ3n) is 8.15. The van der Waals surface area contributed by atoms with Crippen molar-refractivity contribution in [1.29, 1.82) is 0 Å². The molecule has 1 fully saturated rings. The van der Waals surface area contributed by atoms with E-state index < -0.39 is 0 Å². The number of aryl methyl sites for hydroxylation is 1. The van der Waals surface area contributed by atoms with E-state index in [9.17, 15) is 14.4 Å². The molecule has 2 aromatic carbocycles. The zero-order valence-electron chi connectivity index (χ0n) is 25.5. The van der Waals surface area contributed by atoms with Gasteiger partial charge in [-0.2, -0.15) is 0 Å². The normalized spacial score (nSPS) is 16.5. The molecule has 1 aliphatic carbocycles. The molecule has 2 aromatic rings. The number of fused-ring (bicyclic) bond motifs is 3. The van der Waals surface area contributed by atoms with Crippen LogP contribution in [0.4, 0.5) is 5.69 Å². The minimum Gasteiger partial charge on any atom is -0.493 e. The van der Waals surface area contributed by atoms with Gasteiger partial charge in [0.2, 0.25) is 23.0 Å². The first kappa shape index (κ1) is 31.2. The standard InChI is InChI=1S/C32H44N4O6/c1-21(37)34-25-12-10-22-19-28(40-3)31(41-4)32(42-5)30(22)23-11-13-26(27(38)20-24(23)25)33-14-8-6-7-9-29(39)36-17-15-35(2)16-18-36/h11,13,19-20,25H,6-10,12,14-18H2,1-5H3,(H,33,38)(H,34,37)/t25-/m1/s1. The number of anilines is 1. The maximum absolute atomic E-state index is 13.4. The van der Waals surface area contributed by atoms with Crippen LogP contribution in [0.25, 0.3) is 11.1 Å². The van der Waals surface area contributed by atoms with Gasteiger partial charge in [-0.3, -0.25) is 14.4 Å². The first-order valence-electron chi connectivity index (χ1n) is 14.7. The maximum atomic E-state index is 13.4. The van der Waals surface area contributed by atoms with Crippen LogP contribution in [0.5, 0.6) is 17.2 Å². The van der Waals surface area contributed by atoms with Crippen LogP contribution in [0.15, 0.2) is 29.1 Å². The molecule has 0 unspecified atom stereocenters. The second-order valence-electron chi connectivity index (χ2n) is 11.0. The zero-order chi connectivity index (χ0) is 30.2. The monoisotopic (exact) mass is 580 g/mol. The molecule has 2 aliphatic rings. The van der Waals surface area contributed by atoms with Crippen LogP contribution in [0.3, 0.4) is 0 Å². The lowest BCUT2D eigenvalue weighted by molar-refractivity contribution is -0.132. The highest BCUT2D eigenvalue weighted by Gasteiger charge is 2.29. The third-order valence-corrected chi connectivity index (χ3v) is 8.15. The maximum Gasteiger partial charge on any atom is 0.222 e. The average Bonchev–Trinajstić information content (AvgIpc) is 3.22. The molecule has 42 heavy (non-hydrogen) atoms. The number of carbonyl (C=O) groups excluding carboxylic acids is 2. The van der Waals surface area contributed by atoms with E-state index in [0.717, 1.165) is 67.7 Å². The molecule has 0 radical (unpaired) electrons. The van der Waals surface area contributed by atoms with E-state index in [1.54, 1.807) is 33.5 Å². The number of hydrogen-bond acceptors (Lipinski definition) is 8. The molecule has 10 heteroatoms. The van der Waals surface area contributed by atoms with Crippen molar-refractivity contribution in [3.8, 4) is 28.4 Å². The summed E-state index contributed by atoms with van der Waals surface area (Å²) in [6.45, 7) is 5.56. The van der Waals surface area contributed by atoms with Crippen LogP contribution in [0, 0.1) is 0 Å². The zero-order valence-corrected chi connectivity index (χ0v) is 25.5. The number of likely N-dealkylation sites (N-methyl/N-ethyl adjacent to an activating group) is 1. The Morgan fingerprint density at radius 3 is 2.36 bits per heavy atom. The Morgan fingerprint density at radius 1 is 0.952 bits per heavy atom. The molecule has 10 nitrogen and oxygen atoms in total. The Bertz CT molecular complexity index is 1340. The number of carbonyl (C=O) groups is 2. The summed E-state index contributed by atoms with van der Waals surface area (Å²) in [6, 6.07) is 6.93. The summed E-state index contributed by atoms with van der Waals surface area (Å²) in [5, 5.41) is 6.33. The van der Waals surface area contributed by atoms with Gasteiger partial charge in [0, 0.05) is 51.6 Å². The van der Waals surface area contributed by atoms with Crippen molar-refractivity contribution in [2.24, 2.45) is 0 Å². The molecule has 1 saturated heterocycles. The number of rotatable bonds is 11. The van der Waals surface area contributed by atoms with Gasteiger partial charge in [0.05, 0.1) is 33.1 Å². The molecule has 228 valence electrons. The molecular weight excluding hydrogens is 536 g/mol. The Morgan fingerprint density at radius 2 is 1.69 bits per heavy atom. The SMILES string of the molecule is COc1cc2c(c(OC)c1OC)-c1ccc(NCCCCCC(=O)N3CCN(C)CC3)c(=O)cc1[C@H](NC(C)=O)CC2. The van der Waals surface area contributed by atoms with Crippen LogP contribution >= 0.6 is 0 Å². The topological polar surface area (TPSA) is 109 Å². The predicted octanol–water partition coefficient (Wildman–Crippen LogP) is 3.61. The van der Waals surface area contributed by atoms with Crippen LogP contribution in [0.2, 0.25) is 0 Å². The van der Waals surface area contributed by atoms with E-state index in [1.807, 2.05) is 17.0 Å². The molecule has 4 rings (SSSR count). The highest BCUT2D eigenvalue weighted by atomic mass is 16.5. The van der Waals surface area contributed by atoms with Crippen LogP contribution in [-0.2, 0) is 16.0 Å². The summed E-state index contributed by atoms with van der Waals surface area (Å²) in [4.78, 5) is 42.3. The average molecular weight is 581 g/mol. The van der Waals surface area contributed by atoms with E-state index in [-0.39, 0.29) is 23.3 Å². The fourth-order valence-corrected chi connectivity index (χ4v) is 5.87. The summed E-state index contributed by atoms with van der Waals surface area (Å²) in [6.07, 6.45) is 4.38. The Labute approximate surface area is 248 Å². The lowest BCUT2D eigenvalue weighted by atomic mass is 9.95. The molecule has 0 aromatic heterocycles. The third kappa shape index (κ3) is 7.15. The van der Waals surface area contributed by atoms with Gasteiger partial charge in [0.1, 0.15) is 0 Å². The number of hydrogen-bond donors (Lipinski definition) is 2. The number of nitrogens with zero attached hydrogens (tertiary/aromatic N) is 2. The van der Waals surface area contributed by atoms with E-state index >= 15 is 0 Å². The van der Waals surface area contributed by atoms with Crippen molar-refractivity contribution in [3.05, 3.63) is 45.6 Å². The largest absolute Gasteiger partial charge is 0.493 e. The fourth-order valence-electron chi connectivity index (χ4n) is 5.87. The number of nitrogens with one attached hydrogen (secondary N) is 2. The highest BCUT2D eigenvalue weighted by molar-refractivity contribution is 5.83. The van der Waals surface area contributed by atoms with Gasteiger partial charge in [-0.05, 0) is 67.6 Å². The lowest BCUT2D eigenvalue weighted by Crippen LogP contribution is -2.47. The first-order valence-corrected chi connectivity index (χ1v) is 14.7. The quantitative estimate of drug-likeness (QED) is 0.388. The van der Waals surface area contributed by atoms with Crippen molar-refractivity contribution in [1.82, 2.24) is 15.1 Å². The summed E-state index contributed by atoms with van der Waals surface area (Å²) in [5.74, 6) is 1.62. The highest BCUT2D eigenvalue weighted by Crippen LogP contribution is 2.50. The van der Waals surface area contributed by atoms with Crippen molar-refractivity contribution < 1.29 is 23.8 Å². The van der Waals surface area contributed by atoms with Gasteiger partial charge in [-0.25, -0.2) is 0 Å². The van der Waals surface area contributed by atoms with E-state index in [2.05, 4.69) is 22.6 Å². The van der Waals surface area contributed by atoms with Gasteiger partial charge in [0.25, 0.3) is 0 Å². The van der Waals surface area contributed by atoms with Crippen molar-refractivity contribution in [3.63, 3.8) is 0 Å².